The minimum absolute atomic E-state index is 0.0297. The predicted molar refractivity (Wildman–Crippen MR) is 137 cm³/mol. The lowest BCUT2D eigenvalue weighted by Gasteiger charge is -2.42. The molecule has 1 saturated heterocycles. The highest BCUT2D eigenvalue weighted by Gasteiger charge is 2.35. The average Bonchev–Trinajstić information content (AvgIpc) is 3.57. The number of rotatable bonds is 4. The normalized spacial score (nSPS) is 21.1. The van der Waals surface area contributed by atoms with E-state index in [2.05, 4.69) is 16.3 Å². The summed E-state index contributed by atoms with van der Waals surface area (Å²) in [5, 5.41) is 2.07. The van der Waals surface area contributed by atoms with Crippen LogP contribution in [0.2, 0.25) is 0 Å². The van der Waals surface area contributed by atoms with Gasteiger partial charge < -0.3 is 19.3 Å². The smallest absolute Gasteiger partial charge is 0.254 e. The van der Waals surface area contributed by atoms with Crippen LogP contribution in [0.4, 0.5) is 4.39 Å². The summed E-state index contributed by atoms with van der Waals surface area (Å²) in [5.74, 6) is 0.898. The van der Waals surface area contributed by atoms with Crippen molar-refractivity contribution < 1.29 is 23.5 Å². The summed E-state index contributed by atoms with van der Waals surface area (Å²) >= 11 is 1.72. The van der Waals surface area contributed by atoms with Crippen molar-refractivity contribution in [2.45, 2.75) is 25.4 Å². The molecule has 0 radical (unpaired) electrons. The van der Waals surface area contributed by atoms with E-state index in [1.807, 2.05) is 22.8 Å². The molecule has 37 heavy (non-hydrogen) atoms. The molecule has 1 fully saturated rings. The van der Waals surface area contributed by atoms with Crippen LogP contribution in [0.15, 0.2) is 53.9 Å². The first-order valence-electron chi connectivity index (χ1n) is 12.5. The Morgan fingerprint density at radius 3 is 2.76 bits per heavy atom. The van der Waals surface area contributed by atoms with E-state index in [4.69, 9.17) is 9.47 Å². The Morgan fingerprint density at radius 1 is 1.05 bits per heavy atom. The quantitative estimate of drug-likeness (QED) is 0.521. The van der Waals surface area contributed by atoms with E-state index in [1.165, 1.54) is 10.9 Å². The number of hydrogen-bond acceptors (Lipinski definition) is 6. The number of amides is 2. The Labute approximate surface area is 219 Å². The van der Waals surface area contributed by atoms with Crippen molar-refractivity contribution >= 4 is 23.2 Å². The topological polar surface area (TPSA) is 62.3 Å². The van der Waals surface area contributed by atoms with Gasteiger partial charge in [-0.2, -0.15) is 0 Å². The van der Waals surface area contributed by atoms with Crippen LogP contribution in [-0.4, -0.2) is 72.1 Å². The van der Waals surface area contributed by atoms with Crippen LogP contribution in [0.25, 0.3) is 0 Å². The number of carbonyl (C=O) groups excluding carboxylic acids is 2. The Morgan fingerprint density at radius 2 is 1.92 bits per heavy atom. The van der Waals surface area contributed by atoms with Gasteiger partial charge in [0.05, 0.1) is 12.6 Å². The summed E-state index contributed by atoms with van der Waals surface area (Å²) < 4.78 is 24.9. The molecule has 0 N–H and O–H groups in total. The monoisotopic (exact) mass is 521 g/mol. The molecule has 9 heteroatoms. The molecule has 0 aliphatic carbocycles. The van der Waals surface area contributed by atoms with Crippen LogP contribution in [0.1, 0.15) is 39.3 Å². The van der Waals surface area contributed by atoms with Crippen molar-refractivity contribution in [3.05, 3.63) is 81.3 Å². The highest BCUT2D eigenvalue weighted by Crippen LogP contribution is 2.38. The maximum Gasteiger partial charge on any atom is 0.254 e. The lowest BCUT2D eigenvalue weighted by molar-refractivity contribution is -0.135. The minimum Gasteiger partial charge on any atom is -0.454 e. The molecule has 7 nitrogen and oxygen atoms in total. The molecular formula is C28H28FN3O4S. The molecule has 4 heterocycles. The molecule has 3 aromatic rings. The average molecular weight is 522 g/mol. The van der Waals surface area contributed by atoms with Crippen LogP contribution in [0.3, 0.4) is 0 Å². The number of halogens is 1. The molecule has 3 aliphatic rings. The third-order valence-electron chi connectivity index (χ3n) is 7.43. The molecule has 1 aromatic heterocycles. The maximum atomic E-state index is 14.1. The van der Waals surface area contributed by atoms with Gasteiger partial charge in [-0.25, -0.2) is 4.39 Å². The van der Waals surface area contributed by atoms with Crippen LogP contribution < -0.4 is 9.47 Å². The van der Waals surface area contributed by atoms with Gasteiger partial charge in [-0.15, -0.1) is 11.3 Å². The molecule has 3 aliphatic heterocycles. The molecule has 2 aromatic carbocycles. The van der Waals surface area contributed by atoms with E-state index in [0.29, 0.717) is 36.7 Å². The summed E-state index contributed by atoms with van der Waals surface area (Å²) in [7, 11) is 0. The highest BCUT2D eigenvalue weighted by molar-refractivity contribution is 7.10. The lowest BCUT2D eigenvalue weighted by atomic mass is 9.93. The van der Waals surface area contributed by atoms with Gasteiger partial charge in [0.15, 0.2) is 11.5 Å². The maximum absolute atomic E-state index is 14.1. The van der Waals surface area contributed by atoms with Gasteiger partial charge in [-0.05, 0) is 66.2 Å². The Bertz CT molecular complexity index is 1340. The van der Waals surface area contributed by atoms with Crippen molar-refractivity contribution in [3.8, 4) is 11.5 Å². The van der Waals surface area contributed by atoms with Gasteiger partial charge in [-0.3, -0.25) is 14.5 Å². The van der Waals surface area contributed by atoms with Crippen molar-refractivity contribution in [2.24, 2.45) is 0 Å². The van der Waals surface area contributed by atoms with Crippen molar-refractivity contribution in [3.63, 3.8) is 0 Å². The van der Waals surface area contributed by atoms with Crippen LogP contribution >= 0.6 is 11.3 Å². The van der Waals surface area contributed by atoms with Crippen LogP contribution in [0, 0.1) is 5.82 Å². The molecule has 0 saturated carbocycles. The van der Waals surface area contributed by atoms with E-state index in [0.717, 1.165) is 24.1 Å². The molecule has 2 amide bonds. The highest BCUT2D eigenvalue weighted by atomic mass is 32.1. The van der Waals surface area contributed by atoms with Crippen molar-refractivity contribution in [2.75, 3.05) is 39.5 Å². The van der Waals surface area contributed by atoms with E-state index in [9.17, 15) is 14.0 Å². The second-order valence-corrected chi connectivity index (χ2v) is 10.7. The number of carbonyl (C=O) groups is 2. The van der Waals surface area contributed by atoms with E-state index in [1.54, 1.807) is 41.7 Å². The molecule has 2 atom stereocenters. The van der Waals surface area contributed by atoms with Crippen LogP contribution in [0.5, 0.6) is 11.5 Å². The zero-order valence-corrected chi connectivity index (χ0v) is 21.4. The van der Waals surface area contributed by atoms with E-state index in [-0.39, 0.29) is 43.1 Å². The van der Waals surface area contributed by atoms with Gasteiger partial charge in [0.25, 0.3) is 5.91 Å². The predicted octanol–water partition coefficient (Wildman–Crippen LogP) is 3.94. The summed E-state index contributed by atoms with van der Waals surface area (Å²) in [5.41, 5.74) is 2.57. The Balaban J connectivity index is 1.14. The number of thiophene rings is 1. The van der Waals surface area contributed by atoms with Gasteiger partial charge >= 0.3 is 0 Å². The SMILES string of the molecule is C[C@@H]1CN(C(=O)CN2CCc3sccc3[C@H]2c2cccc(F)c2)CCN1C(=O)c1ccc2c(c1)OCO2. The Kier molecular flexibility index (Phi) is 6.34. The number of hydrogen-bond donors (Lipinski definition) is 0. The van der Waals surface area contributed by atoms with Crippen molar-refractivity contribution in [1.82, 2.24) is 14.7 Å². The van der Waals surface area contributed by atoms with Crippen LogP contribution in [-0.2, 0) is 11.2 Å². The van der Waals surface area contributed by atoms with Crippen molar-refractivity contribution in [1.29, 1.82) is 0 Å². The fraction of sp³-hybridized carbons (Fsp3) is 0.357. The zero-order chi connectivity index (χ0) is 25.5. The number of nitrogens with zero attached hydrogens (tertiary/aromatic N) is 3. The molecule has 192 valence electrons. The summed E-state index contributed by atoms with van der Waals surface area (Å²) in [6, 6.07) is 13.7. The minimum atomic E-state index is -0.275. The van der Waals surface area contributed by atoms with E-state index < -0.39 is 0 Å². The zero-order valence-electron chi connectivity index (χ0n) is 20.6. The second-order valence-electron chi connectivity index (χ2n) is 9.73. The molecule has 6 rings (SSSR count). The number of fused-ring (bicyclic) bond motifs is 2. The third kappa shape index (κ3) is 4.57. The summed E-state index contributed by atoms with van der Waals surface area (Å²) in [6.07, 6.45) is 0.875. The molecule has 0 spiro atoms. The van der Waals surface area contributed by atoms with E-state index >= 15 is 0 Å². The fourth-order valence-electron chi connectivity index (χ4n) is 5.56. The first-order chi connectivity index (χ1) is 18.0. The van der Waals surface area contributed by atoms with Gasteiger partial charge in [0, 0.05) is 42.7 Å². The first-order valence-corrected chi connectivity index (χ1v) is 13.4. The van der Waals surface area contributed by atoms with Gasteiger partial charge in [0.2, 0.25) is 12.7 Å². The van der Waals surface area contributed by atoms with Gasteiger partial charge in [-0.1, -0.05) is 12.1 Å². The summed E-state index contributed by atoms with van der Waals surface area (Å²) in [6.45, 7) is 4.52. The first kappa shape index (κ1) is 23.9. The largest absolute Gasteiger partial charge is 0.454 e. The lowest BCUT2D eigenvalue weighted by Crippen LogP contribution is -2.57. The molecular weight excluding hydrogens is 493 g/mol. The summed E-state index contributed by atoms with van der Waals surface area (Å²) in [4.78, 5) is 33.8. The molecule has 0 unspecified atom stereocenters. The second kappa shape index (κ2) is 9.79. The number of piperazine rings is 1. The fourth-order valence-corrected chi connectivity index (χ4v) is 6.46. The Hall–Kier alpha value is -3.43. The number of benzene rings is 2. The number of ether oxygens (including phenoxy) is 2. The standard InChI is InChI=1S/C28H28FN3O4S/c1-18-15-30(10-11-32(18)28(34)20-5-6-23-24(14-20)36-17-35-23)26(33)16-31-9-7-25-22(8-12-37-25)27(31)19-3-2-4-21(29)13-19/h2-6,8,12-14,18,27H,7,9-11,15-17H2,1H3/t18-,27-/m1/s1. The molecule has 0 bridgehead atoms. The third-order valence-corrected chi connectivity index (χ3v) is 8.43. The van der Waals surface area contributed by atoms with Gasteiger partial charge in [0.1, 0.15) is 5.82 Å².